The summed E-state index contributed by atoms with van der Waals surface area (Å²) in [4.78, 5) is 20.2. The second-order valence-electron chi connectivity index (χ2n) is 8.45. The van der Waals surface area contributed by atoms with E-state index in [0.717, 1.165) is 25.5 Å². The molecule has 0 aliphatic carbocycles. The third kappa shape index (κ3) is 7.55. The van der Waals surface area contributed by atoms with E-state index in [4.69, 9.17) is 4.74 Å². The minimum absolute atomic E-state index is 0. The lowest BCUT2D eigenvalue weighted by Gasteiger charge is -2.38. The van der Waals surface area contributed by atoms with Crippen molar-refractivity contribution in [2.24, 2.45) is 0 Å². The van der Waals surface area contributed by atoms with Crippen molar-refractivity contribution in [2.75, 3.05) is 37.7 Å². The number of amides is 1. The summed E-state index contributed by atoms with van der Waals surface area (Å²) in [6, 6.07) is 8.94. The number of hydrogen-bond acceptors (Lipinski definition) is 10. The molecule has 1 amide bonds. The number of thioether (sulfide) groups is 1. The molecule has 0 bridgehead atoms. The van der Waals surface area contributed by atoms with E-state index in [1.54, 1.807) is 30.6 Å². The standard InChI is InChI=1S/C23H29N5O7S4.ClH/c1-2-35-18-6-4-17(5-7-18)20-8-9-21(37-20)39(33,34)28-13-12-27(16-19(28)22(29)26-30)38(31,32)15-3-14-36-23-24-10-11-25-23;/h4-11,19,30H,2-3,12-16H2,1H3,(H,24,25)(H,26,29);1H/t19-;/m1./s1. The van der Waals surface area contributed by atoms with Gasteiger partial charge in [-0.25, -0.2) is 27.3 Å². The lowest BCUT2D eigenvalue weighted by Crippen LogP contribution is -2.61. The van der Waals surface area contributed by atoms with Crippen molar-refractivity contribution in [3.63, 3.8) is 0 Å². The summed E-state index contributed by atoms with van der Waals surface area (Å²) in [5.41, 5.74) is 2.29. The van der Waals surface area contributed by atoms with Crippen molar-refractivity contribution in [2.45, 2.75) is 28.8 Å². The first-order chi connectivity index (χ1) is 18.7. The second-order valence-corrected chi connectivity index (χ2v) is 14.8. The maximum atomic E-state index is 13.6. The summed E-state index contributed by atoms with van der Waals surface area (Å²) >= 11 is 2.43. The molecule has 3 N–H and O–H groups in total. The van der Waals surface area contributed by atoms with Crippen LogP contribution < -0.4 is 10.2 Å². The Kier molecular flexibility index (Phi) is 11.4. The van der Waals surface area contributed by atoms with Gasteiger partial charge in [-0.2, -0.15) is 8.61 Å². The van der Waals surface area contributed by atoms with Crippen molar-refractivity contribution in [1.82, 2.24) is 24.1 Å². The number of piperazine rings is 1. The lowest BCUT2D eigenvalue weighted by molar-refractivity contribution is -0.134. The molecule has 0 radical (unpaired) electrons. The van der Waals surface area contributed by atoms with Crippen molar-refractivity contribution < 1.29 is 31.6 Å². The quantitative estimate of drug-likeness (QED) is 0.116. The number of aromatic nitrogens is 2. The number of nitrogens with zero attached hydrogens (tertiary/aromatic N) is 3. The maximum Gasteiger partial charge on any atom is 0.263 e. The largest absolute Gasteiger partial charge is 0.494 e. The van der Waals surface area contributed by atoms with Crippen LogP contribution in [0.2, 0.25) is 0 Å². The second kappa shape index (κ2) is 14.1. The van der Waals surface area contributed by atoms with Gasteiger partial charge in [0, 0.05) is 42.7 Å². The number of ether oxygens (including phenoxy) is 1. The molecule has 3 heterocycles. The average molecular weight is 652 g/mol. The van der Waals surface area contributed by atoms with Gasteiger partial charge in [0.1, 0.15) is 16.0 Å². The van der Waals surface area contributed by atoms with Gasteiger partial charge in [0.2, 0.25) is 10.0 Å². The zero-order valence-electron chi connectivity index (χ0n) is 21.4. The minimum Gasteiger partial charge on any atom is -0.494 e. The zero-order chi connectivity index (χ0) is 28.0. The Bertz CT molecular complexity index is 1470. The number of halogens is 1. The smallest absolute Gasteiger partial charge is 0.263 e. The van der Waals surface area contributed by atoms with Gasteiger partial charge in [0.25, 0.3) is 15.9 Å². The molecule has 1 aliphatic rings. The molecular formula is C23H30ClN5O7S4. The Morgan fingerprint density at radius 3 is 2.60 bits per heavy atom. The molecule has 0 unspecified atom stereocenters. The van der Waals surface area contributed by atoms with Crippen LogP contribution in [0.5, 0.6) is 5.75 Å². The normalized spacial score (nSPS) is 16.8. The van der Waals surface area contributed by atoms with Gasteiger partial charge in [-0.3, -0.25) is 10.0 Å². The number of hydrogen-bond donors (Lipinski definition) is 3. The van der Waals surface area contributed by atoms with E-state index >= 15 is 0 Å². The number of benzene rings is 1. The van der Waals surface area contributed by atoms with Crippen LogP contribution in [-0.4, -0.2) is 90.3 Å². The molecule has 4 rings (SSSR count). The van der Waals surface area contributed by atoms with Gasteiger partial charge in [0.05, 0.1) is 12.4 Å². The highest BCUT2D eigenvalue weighted by Crippen LogP contribution is 2.34. The molecule has 3 aromatic rings. The van der Waals surface area contributed by atoms with Crippen LogP contribution in [0.4, 0.5) is 0 Å². The minimum atomic E-state index is -4.17. The van der Waals surface area contributed by atoms with E-state index < -0.39 is 38.5 Å². The maximum absolute atomic E-state index is 13.6. The summed E-state index contributed by atoms with van der Waals surface area (Å²) in [6.45, 7) is 1.66. The molecule has 1 fully saturated rings. The van der Waals surface area contributed by atoms with Gasteiger partial charge >= 0.3 is 0 Å². The number of sulfonamides is 2. The first kappa shape index (κ1) is 32.3. The number of imidazole rings is 1. The van der Waals surface area contributed by atoms with Crippen LogP contribution in [0.25, 0.3) is 10.4 Å². The van der Waals surface area contributed by atoms with Gasteiger partial charge < -0.3 is 9.72 Å². The summed E-state index contributed by atoms with van der Waals surface area (Å²) in [5, 5.41) is 9.98. The van der Waals surface area contributed by atoms with Crippen molar-refractivity contribution in [3.05, 3.63) is 48.8 Å². The van der Waals surface area contributed by atoms with Crippen LogP contribution >= 0.6 is 35.5 Å². The SMILES string of the molecule is CCOc1ccc(-c2ccc(S(=O)(=O)N3CCN(S(=O)(=O)CCCSc4ncc[nH]4)C[C@@H]3C(=O)NO)s2)cc1.Cl. The summed E-state index contributed by atoms with van der Waals surface area (Å²) < 4.78 is 60.6. The number of thiophene rings is 1. The highest BCUT2D eigenvalue weighted by Gasteiger charge is 2.43. The van der Waals surface area contributed by atoms with E-state index in [9.17, 15) is 26.8 Å². The molecule has 0 saturated carbocycles. The number of carbonyl (C=O) groups is 1. The monoisotopic (exact) mass is 651 g/mol. The van der Waals surface area contributed by atoms with Crippen LogP contribution in [0.3, 0.4) is 0 Å². The fraction of sp³-hybridized carbons (Fsp3) is 0.391. The molecule has 17 heteroatoms. The van der Waals surface area contributed by atoms with E-state index in [1.165, 1.54) is 23.3 Å². The number of aromatic amines is 1. The van der Waals surface area contributed by atoms with Crippen molar-refractivity contribution in [3.8, 4) is 16.2 Å². The Morgan fingerprint density at radius 2 is 1.95 bits per heavy atom. The van der Waals surface area contributed by atoms with Gasteiger partial charge in [0.15, 0.2) is 5.16 Å². The Morgan fingerprint density at radius 1 is 1.20 bits per heavy atom. The Labute approximate surface area is 247 Å². The molecular weight excluding hydrogens is 622 g/mol. The number of nitrogens with one attached hydrogen (secondary N) is 2. The highest BCUT2D eigenvalue weighted by molar-refractivity contribution is 7.99. The highest BCUT2D eigenvalue weighted by atomic mass is 35.5. The van der Waals surface area contributed by atoms with Gasteiger partial charge in [-0.15, -0.1) is 23.7 Å². The Balaban J connectivity index is 0.00000441. The first-order valence-corrected chi connectivity index (χ1v) is 16.9. The fourth-order valence-corrected chi connectivity index (χ4v) is 9.51. The third-order valence-electron chi connectivity index (χ3n) is 5.95. The van der Waals surface area contributed by atoms with Crippen molar-refractivity contribution in [1.29, 1.82) is 0 Å². The molecule has 1 saturated heterocycles. The van der Waals surface area contributed by atoms with Gasteiger partial charge in [-0.05, 0) is 55.3 Å². The number of carbonyl (C=O) groups excluding carboxylic acids is 1. The molecule has 40 heavy (non-hydrogen) atoms. The van der Waals surface area contributed by atoms with Gasteiger partial charge in [-0.1, -0.05) is 11.8 Å². The summed E-state index contributed by atoms with van der Waals surface area (Å²) in [5.74, 6) is 0.0383. The lowest BCUT2D eigenvalue weighted by atomic mass is 10.2. The fourth-order valence-electron chi connectivity index (χ4n) is 4.05. The van der Waals surface area contributed by atoms with Crippen LogP contribution in [0, 0.1) is 0 Å². The molecule has 1 aromatic carbocycles. The molecule has 0 spiro atoms. The van der Waals surface area contributed by atoms with E-state index in [1.807, 2.05) is 19.1 Å². The van der Waals surface area contributed by atoms with E-state index in [0.29, 0.717) is 34.6 Å². The number of hydroxylamine groups is 1. The third-order valence-corrected chi connectivity index (χ3v) is 12.4. The molecule has 2 aromatic heterocycles. The predicted molar refractivity (Wildman–Crippen MR) is 155 cm³/mol. The van der Waals surface area contributed by atoms with E-state index in [-0.39, 0.29) is 35.5 Å². The predicted octanol–water partition coefficient (Wildman–Crippen LogP) is 2.65. The number of rotatable bonds is 12. The van der Waals surface area contributed by atoms with Crippen molar-refractivity contribution >= 4 is 61.5 Å². The average Bonchev–Trinajstić information content (AvgIpc) is 3.64. The van der Waals surface area contributed by atoms with Crippen LogP contribution in [-0.2, 0) is 24.8 Å². The Hall–Kier alpha value is -2.18. The molecule has 1 atom stereocenters. The first-order valence-electron chi connectivity index (χ1n) is 12.0. The van der Waals surface area contributed by atoms with Crippen LogP contribution in [0.15, 0.2) is 58.2 Å². The molecule has 1 aliphatic heterocycles. The molecule has 12 nitrogen and oxygen atoms in total. The zero-order valence-corrected chi connectivity index (χ0v) is 25.5. The van der Waals surface area contributed by atoms with Crippen LogP contribution in [0.1, 0.15) is 13.3 Å². The number of H-pyrrole nitrogens is 1. The summed E-state index contributed by atoms with van der Waals surface area (Å²) in [6.07, 6.45) is 3.62. The topological polar surface area (TPSA) is 162 Å². The summed E-state index contributed by atoms with van der Waals surface area (Å²) in [7, 11) is -7.94. The van der Waals surface area contributed by atoms with E-state index in [2.05, 4.69) is 9.97 Å². The molecule has 220 valence electrons.